The lowest BCUT2D eigenvalue weighted by atomic mass is 10.0. The van der Waals surface area contributed by atoms with Gasteiger partial charge in [0.15, 0.2) is 31.4 Å². The topological polar surface area (TPSA) is 186 Å². The van der Waals surface area contributed by atoms with Crippen LogP contribution in [0.5, 0.6) is 0 Å². The van der Waals surface area contributed by atoms with Gasteiger partial charge in [-0.2, -0.15) is 10.2 Å². The molecule has 2 fully saturated rings. The first-order valence-electron chi connectivity index (χ1n) is 14.5. The molecule has 234 valence electrons. The smallest absolute Gasteiger partial charge is 0.227 e. The van der Waals surface area contributed by atoms with Gasteiger partial charge in [-0.3, -0.25) is 0 Å². The Labute approximate surface area is 241 Å². The minimum Gasteiger partial charge on any atom is -0.227 e. The number of sulfone groups is 2. The van der Waals surface area contributed by atoms with Crippen LogP contribution >= 0.6 is 0 Å². The van der Waals surface area contributed by atoms with E-state index in [0.717, 1.165) is 77.0 Å². The van der Waals surface area contributed by atoms with E-state index in [1.807, 2.05) is 0 Å². The molecule has 0 N–H and O–H groups in total. The fourth-order valence-corrected chi connectivity index (χ4v) is 9.80. The zero-order chi connectivity index (χ0) is 29.5. The predicted molar refractivity (Wildman–Crippen MR) is 156 cm³/mol. The second kappa shape index (κ2) is 17.2. The van der Waals surface area contributed by atoms with Gasteiger partial charge in [0.1, 0.15) is 0 Å². The van der Waals surface area contributed by atoms with Crippen LogP contribution in [0.25, 0.3) is 0 Å². The Morgan fingerprint density at radius 1 is 0.425 bits per heavy atom. The van der Waals surface area contributed by atoms with Crippen LogP contribution in [0.4, 0.5) is 0 Å². The molecule has 0 aromatic carbocycles. The monoisotopic (exact) mass is 646 g/mol. The van der Waals surface area contributed by atoms with Gasteiger partial charge in [0, 0.05) is 0 Å². The summed E-state index contributed by atoms with van der Waals surface area (Å²) in [5.74, 6) is -1.35. The van der Waals surface area contributed by atoms with Crippen molar-refractivity contribution in [2.24, 2.45) is 19.3 Å². The molecular weight excluding hydrogens is 601 g/mol. The van der Waals surface area contributed by atoms with E-state index in [1.54, 1.807) is 0 Å². The number of hydrogen-bond acceptors (Lipinski definition) is 10. The molecule has 0 aliphatic heterocycles. The Morgan fingerprint density at radius 3 is 1.05 bits per heavy atom. The minimum absolute atomic E-state index is 0.0628. The lowest BCUT2D eigenvalue weighted by Crippen LogP contribution is -2.22. The molecular formula is C24H46N4O8S4. The van der Waals surface area contributed by atoms with Crippen molar-refractivity contribution < 1.29 is 33.7 Å². The highest BCUT2D eigenvalue weighted by Crippen LogP contribution is 2.26. The van der Waals surface area contributed by atoms with Crippen LogP contribution in [0.2, 0.25) is 0 Å². The molecule has 40 heavy (non-hydrogen) atoms. The molecule has 0 saturated heterocycles. The fraction of sp³-hybridized carbons (Fsp3) is 1.00. The lowest BCUT2D eigenvalue weighted by Gasteiger charge is -2.18. The second-order valence-corrected chi connectivity index (χ2v) is 19.0. The Bertz CT molecular complexity index is 1140. The van der Waals surface area contributed by atoms with E-state index >= 15 is 0 Å². The molecule has 2 aliphatic rings. The number of sulfonamides is 2. The van der Waals surface area contributed by atoms with Gasteiger partial charge in [0.2, 0.25) is 0 Å². The highest BCUT2D eigenvalue weighted by atomic mass is 32.2. The molecule has 0 radical (unpaired) electrons. The summed E-state index contributed by atoms with van der Waals surface area (Å²) in [6, 6.07) is 0. The first-order valence-corrected chi connectivity index (χ1v) is 21.1. The molecule has 0 amide bonds. The van der Waals surface area contributed by atoms with Crippen LogP contribution < -0.4 is 0 Å². The summed E-state index contributed by atoms with van der Waals surface area (Å²) in [6.45, 7) is 0. The number of nitrogens with zero attached hydrogens (tertiary/aromatic N) is 4. The minimum atomic E-state index is -3.74. The SMILES string of the molecule is O=S(=O)(CCCCCCCCCCS(=O)(=O)C/N=N/S(=O)(=O)C1CCCCC1)C/N=N/S(=O)(=O)C1CCCCC1. The second-order valence-electron chi connectivity index (χ2n) is 11.0. The largest absolute Gasteiger partial charge is 0.273 e. The standard InChI is InChI=1S/C24H46N4O8S4/c29-37(30,21-25-27-39(33,34)23-15-9-7-10-16-23)19-13-5-3-1-2-4-6-14-20-38(31,32)22-26-28-40(35,36)24-17-11-8-12-18-24/h23-24H,1-22H2/b27-25+,28-26+. The van der Waals surface area contributed by atoms with Crippen LogP contribution in [-0.4, -0.2) is 67.4 Å². The zero-order valence-corrected chi connectivity index (χ0v) is 26.7. The molecule has 0 atom stereocenters. The summed E-state index contributed by atoms with van der Waals surface area (Å²) in [5, 5.41) is 5.86. The quantitative estimate of drug-likeness (QED) is 0.137. The van der Waals surface area contributed by atoms with Crippen LogP contribution in [0.3, 0.4) is 0 Å². The van der Waals surface area contributed by atoms with Gasteiger partial charge in [0.25, 0.3) is 20.0 Å². The first-order chi connectivity index (χ1) is 18.8. The predicted octanol–water partition coefficient (Wildman–Crippen LogP) is 5.08. The molecule has 0 aromatic heterocycles. The van der Waals surface area contributed by atoms with Gasteiger partial charge in [-0.15, -0.1) is 0 Å². The van der Waals surface area contributed by atoms with Crippen LogP contribution in [-0.2, 0) is 39.7 Å². The van der Waals surface area contributed by atoms with E-state index in [4.69, 9.17) is 0 Å². The van der Waals surface area contributed by atoms with Crippen LogP contribution in [0, 0.1) is 0 Å². The molecule has 12 nitrogen and oxygen atoms in total. The van der Waals surface area contributed by atoms with Gasteiger partial charge in [-0.25, -0.2) is 33.7 Å². The third-order valence-electron chi connectivity index (χ3n) is 7.46. The number of rotatable bonds is 19. The van der Waals surface area contributed by atoms with Crippen molar-refractivity contribution in [2.75, 3.05) is 23.3 Å². The van der Waals surface area contributed by atoms with Crippen LogP contribution in [0.15, 0.2) is 19.3 Å². The maximum Gasteiger partial charge on any atom is 0.273 e. The van der Waals surface area contributed by atoms with Gasteiger partial charge >= 0.3 is 0 Å². The average Bonchev–Trinajstić information content (AvgIpc) is 2.90. The molecule has 0 aromatic rings. The van der Waals surface area contributed by atoms with Crippen LogP contribution in [0.1, 0.15) is 116 Å². The van der Waals surface area contributed by atoms with Crippen molar-refractivity contribution in [3.05, 3.63) is 0 Å². The number of unbranched alkanes of at least 4 members (excludes halogenated alkanes) is 7. The summed E-state index contributed by atoms with van der Waals surface area (Å²) in [6.07, 6.45) is 13.4. The number of hydrogen-bond donors (Lipinski definition) is 0. The summed E-state index contributed by atoms with van der Waals surface area (Å²) in [5.41, 5.74) is 0. The van der Waals surface area contributed by atoms with E-state index in [9.17, 15) is 33.7 Å². The van der Waals surface area contributed by atoms with E-state index < -0.39 is 62.0 Å². The molecule has 2 rings (SSSR count). The maximum absolute atomic E-state index is 12.2. The molecule has 0 heterocycles. The first kappa shape index (κ1) is 35.2. The van der Waals surface area contributed by atoms with Gasteiger partial charge < -0.3 is 0 Å². The Kier molecular flexibility index (Phi) is 15.1. The third kappa shape index (κ3) is 14.3. The van der Waals surface area contributed by atoms with Crippen molar-refractivity contribution in [2.45, 2.75) is 126 Å². The average molecular weight is 647 g/mol. The third-order valence-corrected chi connectivity index (χ3v) is 13.6. The molecule has 0 spiro atoms. The summed E-state index contributed by atoms with van der Waals surface area (Å²) in [7, 11) is -14.5. The molecule has 2 saturated carbocycles. The Morgan fingerprint density at radius 2 is 0.725 bits per heavy atom. The fourth-order valence-electron chi connectivity index (χ4n) is 5.08. The van der Waals surface area contributed by atoms with Crippen molar-refractivity contribution in [1.82, 2.24) is 0 Å². The van der Waals surface area contributed by atoms with Crippen molar-refractivity contribution in [3.8, 4) is 0 Å². The van der Waals surface area contributed by atoms with E-state index in [2.05, 4.69) is 19.3 Å². The maximum atomic E-state index is 12.2. The Hall–Kier alpha value is -1.00. The molecule has 16 heteroatoms. The highest BCUT2D eigenvalue weighted by Gasteiger charge is 2.28. The zero-order valence-electron chi connectivity index (χ0n) is 23.4. The van der Waals surface area contributed by atoms with Crippen molar-refractivity contribution in [1.29, 1.82) is 0 Å². The highest BCUT2D eigenvalue weighted by molar-refractivity contribution is 7.92. The van der Waals surface area contributed by atoms with E-state index in [-0.39, 0.29) is 11.5 Å². The van der Waals surface area contributed by atoms with Gasteiger partial charge in [-0.05, 0) is 38.5 Å². The lowest BCUT2D eigenvalue weighted by molar-refractivity contribution is 0.483. The van der Waals surface area contributed by atoms with Crippen molar-refractivity contribution in [3.63, 3.8) is 0 Å². The molecule has 0 unspecified atom stereocenters. The normalized spacial score (nSPS) is 19.1. The van der Waals surface area contributed by atoms with E-state index in [0.29, 0.717) is 38.5 Å². The van der Waals surface area contributed by atoms with Gasteiger partial charge in [0.05, 0.1) is 22.0 Å². The Balaban J connectivity index is 1.51. The molecule has 0 bridgehead atoms. The summed E-state index contributed by atoms with van der Waals surface area (Å²) < 4.78 is 104. The van der Waals surface area contributed by atoms with Gasteiger partial charge in [-0.1, -0.05) is 86.1 Å². The van der Waals surface area contributed by atoms with Crippen molar-refractivity contribution >= 4 is 39.7 Å². The molecule has 2 aliphatic carbocycles. The summed E-state index contributed by atoms with van der Waals surface area (Å²) >= 11 is 0. The van der Waals surface area contributed by atoms with E-state index in [1.165, 1.54) is 0 Å². The summed E-state index contributed by atoms with van der Waals surface area (Å²) in [4.78, 5) is 0.